The number of hydrogen-bond donors (Lipinski definition) is 2. The number of alkyl halides is 5. The summed E-state index contributed by atoms with van der Waals surface area (Å²) in [5.74, 6) is -9.17. The van der Waals surface area contributed by atoms with Crippen LogP contribution in [0.25, 0.3) is 0 Å². The number of rotatable bonds is 2. The normalized spacial score (nSPS) is 12.3. The molecule has 3 nitrogen and oxygen atoms in total. The fourth-order valence-electron chi connectivity index (χ4n) is 0.966. The quantitative estimate of drug-likeness (QED) is 0.642. The lowest BCUT2D eigenvalue weighted by Crippen LogP contribution is -2.47. The van der Waals surface area contributed by atoms with Gasteiger partial charge in [0.2, 0.25) is 0 Å². The Morgan fingerprint density at radius 3 is 2.22 bits per heavy atom. The Morgan fingerprint density at radius 1 is 1.17 bits per heavy atom. The smallest absolute Gasteiger partial charge is 0.397 e. The third kappa shape index (κ3) is 2.66. The molecule has 9 heteroatoms. The Labute approximate surface area is 96.6 Å². The van der Waals surface area contributed by atoms with Crippen molar-refractivity contribution in [1.29, 1.82) is 0 Å². The number of nitrogens with two attached hydrogens (primary N) is 1. The van der Waals surface area contributed by atoms with Crippen molar-refractivity contribution in [2.45, 2.75) is 12.1 Å². The number of hydrogen-bond acceptors (Lipinski definition) is 2. The summed E-state index contributed by atoms with van der Waals surface area (Å²) in [6.07, 6.45) is -6.04. The molecule has 0 saturated heterocycles. The highest BCUT2D eigenvalue weighted by Crippen LogP contribution is 2.36. The maximum absolute atomic E-state index is 12.7. The summed E-state index contributed by atoms with van der Waals surface area (Å²) in [4.78, 5) is 10.8. The van der Waals surface area contributed by atoms with E-state index in [1.54, 1.807) is 0 Å². The van der Waals surface area contributed by atoms with E-state index in [4.69, 9.17) is 5.73 Å². The summed E-state index contributed by atoms with van der Waals surface area (Å²) in [6.45, 7) is 0. The van der Waals surface area contributed by atoms with Gasteiger partial charge in [-0.1, -0.05) is 0 Å². The molecule has 0 unspecified atom stereocenters. The first kappa shape index (κ1) is 14.1. The average Bonchev–Trinajstić information content (AvgIpc) is 2.21. The highest BCUT2D eigenvalue weighted by molar-refractivity contribution is 5.98. The highest BCUT2D eigenvalue weighted by Gasteiger charge is 2.63. The molecule has 1 aromatic carbocycles. The summed E-state index contributed by atoms with van der Waals surface area (Å²) in [7, 11) is 0. The van der Waals surface area contributed by atoms with Gasteiger partial charge in [-0.2, -0.15) is 22.0 Å². The van der Waals surface area contributed by atoms with Gasteiger partial charge in [-0.25, -0.2) is 4.39 Å². The minimum Gasteiger partial charge on any atom is -0.397 e. The predicted molar refractivity (Wildman–Crippen MR) is 50.4 cm³/mol. The van der Waals surface area contributed by atoms with Crippen molar-refractivity contribution in [1.82, 2.24) is 0 Å². The number of carbonyl (C=O) groups excluding carboxylic acids is 1. The fraction of sp³-hybridized carbons (Fsp3) is 0.222. The Kier molecular flexibility index (Phi) is 3.45. The van der Waals surface area contributed by atoms with Crippen LogP contribution in [-0.2, 0) is 4.79 Å². The summed E-state index contributed by atoms with van der Waals surface area (Å²) >= 11 is 0. The number of benzene rings is 1. The van der Waals surface area contributed by atoms with Gasteiger partial charge in [0.15, 0.2) is 0 Å². The van der Waals surface area contributed by atoms with Crippen LogP contribution in [0.1, 0.15) is 0 Å². The first-order valence-corrected chi connectivity index (χ1v) is 4.36. The summed E-state index contributed by atoms with van der Waals surface area (Å²) < 4.78 is 73.4. The zero-order chi connectivity index (χ0) is 14.1. The largest absolute Gasteiger partial charge is 0.463 e. The van der Waals surface area contributed by atoms with Gasteiger partial charge in [-0.05, 0) is 18.2 Å². The molecule has 1 amide bonds. The van der Waals surface area contributed by atoms with Gasteiger partial charge in [0.25, 0.3) is 0 Å². The molecule has 0 saturated carbocycles. The van der Waals surface area contributed by atoms with Crippen LogP contribution in [0.4, 0.5) is 37.7 Å². The molecule has 3 N–H and O–H groups in total. The Morgan fingerprint density at radius 2 is 1.72 bits per heavy atom. The lowest BCUT2D eigenvalue weighted by atomic mass is 10.2. The van der Waals surface area contributed by atoms with Gasteiger partial charge in [0.05, 0.1) is 11.4 Å². The van der Waals surface area contributed by atoms with Crippen LogP contribution in [0.3, 0.4) is 0 Å². The topological polar surface area (TPSA) is 55.1 Å². The second-order valence-electron chi connectivity index (χ2n) is 3.26. The van der Waals surface area contributed by atoms with E-state index in [0.29, 0.717) is 6.07 Å². The number of anilines is 2. The molecule has 0 aliphatic heterocycles. The first-order chi connectivity index (χ1) is 8.05. The zero-order valence-corrected chi connectivity index (χ0v) is 8.49. The van der Waals surface area contributed by atoms with E-state index in [9.17, 15) is 31.1 Å². The van der Waals surface area contributed by atoms with Crippen molar-refractivity contribution in [2.75, 3.05) is 11.1 Å². The molecule has 1 aromatic rings. The Balaban J connectivity index is 2.98. The molecular weight excluding hydrogens is 266 g/mol. The van der Waals surface area contributed by atoms with E-state index in [1.807, 2.05) is 0 Å². The molecule has 0 radical (unpaired) electrons. The van der Waals surface area contributed by atoms with Gasteiger partial charge in [-0.3, -0.25) is 4.79 Å². The number of halogens is 6. The minimum absolute atomic E-state index is 0.345. The van der Waals surface area contributed by atoms with Crippen LogP contribution in [-0.4, -0.2) is 18.0 Å². The summed E-state index contributed by atoms with van der Waals surface area (Å²) in [5.41, 5.74) is 4.17. The highest BCUT2D eigenvalue weighted by atomic mass is 19.4. The number of amides is 1. The van der Waals surface area contributed by atoms with Gasteiger partial charge >= 0.3 is 18.0 Å². The van der Waals surface area contributed by atoms with Crippen molar-refractivity contribution in [2.24, 2.45) is 0 Å². The molecule has 1 rings (SSSR count). The standard InChI is InChI=1S/C9H6F6N2O/c10-4-1-2-5(16)6(3-4)17-7(18)8(11,12)9(13,14)15/h1-3H,16H2,(H,17,18). The lowest BCUT2D eigenvalue weighted by Gasteiger charge is -2.19. The van der Waals surface area contributed by atoms with Crippen molar-refractivity contribution >= 4 is 17.3 Å². The molecule has 0 atom stereocenters. The minimum atomic E-state index is -6.04. The maximum atomic E-state index is 12.7. The molecule has 0 heterocycles. The third-order valence-corrected chi connectivity index (χ3v) is 1.90. The van der Waals surface area contributed by atoms with Crippen molar-refractivity contribution < 1.29 is 31.1 Å². The Hall–Kier alpha value is -1.93. The SMILES string of the molecule is Nc1ccc(F)cc1NC(=O)C(F)(F)C(F)(F)F. The third-order valence-electron chi connectivity index (χ3n) is 1.90. The van der Waals surface area contributed by atoms with Crippen LogP contribution in [0.5, 0.6) is 0 Å². The number of carbonyl (C=O) groups is 1. The first-order valence-electron chi connectivity index (χ1n) is 4.36. The second-order valence-corrected chi connectivity index (χ2v) is 3.26. The van der Waals surface area contributed by atoms with Crippen LogP contribution in [0.2, 0.25) is 0 Å². The molecule has 0 aromatic heterocycles. The van der Waals surface area contributed by atoms with Gasteiger partial charge in [0, 0.05) is 0 Å². The average molecular weight is 272 g/mol. The summed E-state index contributed by atoms with van der Waals surface area (Å²) in [5, 5.41) is 1.22. The monoisotopic (exact) mass is 272 g/mol. The van der Waals surface area contributed by atoms with E-state index in [1.165, 1.54) is 5.32 Å². The molecule has 0 spiro atoms. The van der Waals surface area contributed by atoms with Crippen molar-refractivity contribution in [3.8, 4) is 0 Å². The van der Waals surface area contributed by atoms with Gasteiger partial charge in [0.1, 0.15) is 5.82 Å². The maximum Gasteiger partial charge on any atom is 0.463 e. The molecule has 0 bridgehead atoms. The van der Waals surface area contributed by atoms with Crippen LogP contribution in [0.15, 0.2) is 18.2 Å². The molecule has 18 heavy (non-hydrogen) atoms. The lowest BCUT2D eigenvalue weighted by molar-refractivity contribution is -0.267. The van der Waals surface area contributed by atoms with Gasteiger partial charge in [-0.15, -0.1) is 0 Å². The van der Waals surface area contributed by atoms with Crippen molar-refractivity contribution in [3.63, 3.8) is 0 Å². The zero-order valence-electron chi connectivity index (χ0n) is 8.49. The molecule has 100 valence electrons. The van der Waals surface area contributed by atoms with E-state index in [0.717, 1.165) is 12.1 Å². The summed E-state index contributed by atoms with van der Waals surface area (Å²) in [6, 6.07) is 2.29. The Bertz CT molecular complexity index is 471. The predicted octanol–water partition coefficient (Wildman–Crippen LogP) is 2.54. The van der Waals surface area contributed by atoms with Crippen LogP contribution >= 0.6 is 0 Å². The molecule has 0 fully saturated rings. The number of nitrogens with one attached hydrogen (secondary N) is 1. The van der Waals surface area contributed by atoms with Crippen molar-refractivity contribution in [3.05, 3.63) is 24.0 Å². The molecule has 0 aliphatic carbocycles. The van der Waals surface area contributed by atoms with E-state index in [-0.39, 0.29) is 5.69 Å². The second kappa shape index (κ2) is 4.39. The fourth-order valence-corrected chi connectivity index (χ4v) is 0.966. The van der Waals surface area contributed by atoms with Crippen LogP contribution < -0.4 is 11.1 Å². The van der Waals surface area contributed by atoms with E-state index in [2.05, 4.69) is 0 Å². The molecule has 0 aliphatic rings. The van der Waals surface area contributed by atoms with E-state index < -0.39 is 29.5 Å². The van der Waals surface area contributed by atoms with Crippen LogP contribution in [0, 0.1) is 5.82 Å². The molecular formula is C9H6F6N2O. The van der Waals surface area contributed by atoms with E-state index >= 15 is 0 Å². The van der Waals surface area contributed by atoms with Gasteiger partial charge < -0.3 is 11.1 Å². The number of nitrogen functional groups attached to an aromatic ring is 1.